The number of pyridine rings is 1. The molecule has 25 heavy (non-hydrogen) atoms. The molecule has 2 aromatic rings. The third-order valence-electron chi connectivity index (χ3n) is 3.51. The van der Waals surface area contributed by atoms with Gasteiger partial charge in [0, 0.05) is 6.07 Å². The van der Waals surface area contributed by atoms with Gasteiger partial charge in [0.2, 0.25) is 15.9 Å². The van der Waals surface area contributed by atoms with Crippen molar-refractivity contribution in [3.63, 3.8) is 0 Å². The summed E-state index contributed by atoms with van der Waals surface area (Å²) in [5.41, 5.74) is 1.47. The van der Waals surface area contributed by atoms with E-state index >= 15 is 0 Å². The Hall–Kier alpha value is -2.28. The second-order valence-electron chi connectivity index (χ2n) is 6.24. The number of aromatic nitrogens is 1. The van der Waals surface area contributed by atoms with Crippen molar-refractivity contribution in [2.24, 2.45) is 5.92 Å². The van der Waals surface area contributed by atoms with Crippen LogP contribution < -0.4 is 14.2 Å². The molecule has 0 saturated carbocycles. The number of sulfonamides is 1. The van der Waals surface area contributed by atoms with Gasteiger partial charge in [-0.3, -0.25) is 4.72 Å². The van der Waals surface area contributed by atoms with Gasteiger partial charge in [0.25, 0.3) is 0 Å². The molecule has 0 aliphatic rings. The zero-order valence-corrected chi connectivity index (χ0v) is 15.8. The number of anilines is 1. The van der Waals surface area contributed by atoms with E-state index in [1.54, 1.807) is 25.3 Å². The van der Waals surface area contributed by atoms with Gasteiger partial charge in [0.05, 0.1) is 24.7 Å². The maximum atomic E-state index is 12.0. The van der Waals surface area contributed by atoms with Crippen molar-refractivity contribution in [1.29, 1.82) is 0 Å². The number of aryl methyl sites for hydroxylation is 1. The van der Waals surface area contributed by atoms with E-state index in [-0.39, 0.29) is 5.75 Å². The Bertz CT molecular complexity index is 802. The molecule has 0 amide bonds. The molecule has 7 heteroatoms. The standard InChI is InChI=1S/C18H24N2O4S/c1-13(2)9-10-25(21,22)20-15-6-8-18(19-12-15)24-16-7-5-14(3)11-17(16)23-4/h5-8,11-13,20H,9-10H2,1-4H3. The minimum atomic E-state index is -3.37. The maximum Gasteiger partial charge on any atom is 0.232 e. The molecule has 0 spiro atoms. The molecule has 1 N–H and O–H groups in total. The van der Waals surface area contributed by atoms with Crippen LogP contribution in [-0.2, 0) is 10.0 Å². The lowest BCUT2D eigenvalue weighted by Crippen LogP contribution is -2.18. The number of nitrogens with one attached hydrogen (secondary N) is 1. The summed E-state index contributed by atoms with van der Waals surface area (Å²) in [6, 6.07) is 8.82. The monoisotopic (exact) mass is 364 g/mol. The highest BCUT2D eigenvalue weighted by atomic mass is 32.2. The summed E-state index contributed by atoms with van der Waals surface area (Å²) in [5.74, 6) is 1.93. The van der Waals surface area contributed by atoms with E-state index in [4.69, 9.17) is 9.47 Å². The highest BCUT2D eigenvalue weighted by Gasteiger charge is 2.12. The molecule has 0 atom stereocenters. The predicted octanol–water partition coefficient (Wildman–Crippen LogP) is 3.98. The number of benzene rings is 1. The molecule has 1 heterocycles. The first-order valence-corrected chi connectivity index (χ1v) is 9.73. The van der Waals surface area contributed by atoms with Crippen LogP contribution in [0.15, 0.2) is 36.5 Å². The fourth-order valence-electron chi connectivity index (χ4n) is 2.09. The van der Waals surface area contributed by atoms with Crippen molar-refractivity contribution in [1.82, 2.24) is 4.98 Å². The van der Waals surface area contributed by atoms with Gasteiger partial charge in [0.1, 0.15) is 0 Å². The van der Waals surface area contributed by atoms with Crippen LogP contribution >= 0.6 is 0 Å². The highest BCUT2D eigenvalue weighted by molar-refractivity contribution is 7.92. The van der Waals surface area contributed by atoms with E-state index in [1.165, 1.54) is 6.20 Å². The number of methoxy groups -OCH3 is 1. The fraction of sp³-hybridized carbons (Fsp3) is 0.389. The lowest BCUT2D eigenvalue weighted by molar-refractivity contribution is 0.374. The first-order chi connectivity index (χ1) is 11.8. The molecule has 1 aromatic heterocycles. The van der Waals surface area contributed by atoms with E-state index in [0.717, 1.165) is 5.56 Å². The minimum absolute atomic E-state index is 0.0868. The normalized spacial score (nSPS) is 11.4. The number of hydrogen-bond donors (Lipinski definition) is 1. The van der Waals surface area contributed by atoms with Crippen LogP contribution in [0.2, 0.25) is 0 Å². The third-order valence-corrected chi connectivity index (χ3v) is 4.83. The zero-order valence-electron chi connectivity index (χ0n) is 14.9. The maximum absolute atomic E-state index is 12.0. The van der Waals surface area contributed by atoms with Crippen LogP contribution in [0.4, 0.5) is 5.69 Å². The second-order valence-corrected chi connectivity index (χ2v) is 8.09. The summed E-state index contributed by atoms with van der Waals surface area (Å²) in [4.78, 5) is 4.15. The Morgan fingerprint density at radius 2 is 1.92 bits per heavy atom. The van der Waals surface area contributed by atoms with Crippen LogP contribution in [-0.4, -0.2) is 26.3 Å². The van der Waals surface area contributed by atoms with Gasteiger partial charge in [-0.15, -0.1) is 0 Å². The molecule has 0 bridgehead atoms. The van der Waals surface area contributed by atoms with E-state index in [1.807, 2.05) is 32.9 Å². The van der Waals surface area contributed by atoms with Crippen LogP contribution in [0.5, 0.6) is 17.4 Å². The first kappa shape index (κ1) is 19.1. The van der Waals surface area contributed by atoms with Crippen molar-refractivity contribution in [2.75, 3.05) is 17.6 Å². The lowest BCUT2D eigenvalue weighted by Gasteiger charge is -2.11. The van der Waals surface area contributed by atoms with Gasteiger partial charge < -0.3 is 9.47 Å². The average Bonchev–Trinajstić information content (AvgIpc) is 2.56. The Balaban J connectivity index is 2.05. The fourth-order valence-corrected chi connectivity index (χ4v) is 3.46. The Kier molecular flexibility index (Phi) is 6.25. The molecule has 0 unspecified atom stereocenters. The van der Waals surface area contributed by atoms with Crippen molar-refractivity contribution in [3.05, 3.63) is 42.1 Å². The summed E-state index contributed by atoms with van der Waals surface area (Å²) in [6.45, 7) is 5.94. The van der Waals surface area contributed by atoms with Gasteiger partial charge in [-0.25, -0.2) is 13.4 Å². The molecule has 1 aromatic carbocycles. The van der Waals surface area contributed by atoms with Crippen LogP contribution in [0, 0.1) is 12.8 Å². The molecular formula is C18H24N2O4S. The molecule has 2 rings (SSSR count). The molecular weight excluding hydrogens is 340 g/mol. The topological polar surface area (TPSA) is 77.5 Å². The van der Waals surface area contributed by atoms with E-state index in [9.17, 15) is 8.42 Å². The molecule has 6 nitrogen and oxygen atoms in total. The number of nitrogens with zero attached hydrogens (tertiary/aromatic N) is 1. The largest absolute Gasteiger partial charge is 0.493 e. The van der Waals surface area contributed by atoms with Gasteiger partial charge in [-0.1, -0.05) is 19.9 Å². The molecule has 0 saturated heterocycles. The number of ether oxygens (including phenoxy) is 2. The predicted molar refractivity (Wildman–Crippen MR) is 98.9 cm³/mol. The van der Waals surface area contributed by atoms with Gasteiger partial charge in [-0.05, 0) is 43.0 Å². The molecule has 0 aliphatic carbocycles. The number of hydrogen-bond acceptors (Lipinski definition) is 5. The first-order valence-electron chi connectivity index (χ1n) is 8.08. The summed E-state index contributed by atoms with van der Waals surface area (Å²) in [5, 5.41) is 0. The van der Waals surface area contributed by atoms with E-state index in [2.05, 4.69) is 9.71 Å². The molecule has 136 valence electrons. The van der Waals surface area contributed by atoms with E-state index < -0.39 is 10.0 Å². The Labute approximate surface area is 149 Å². The summed E-state index contributed by atoms with van der Waals surface area (Å²) in [7, 11) is -1.79. The smallest absolute Gasteiger partial charge is 0.232 e. The lowest BCUT2D eigenvalue weighted by atomic mass is 10.2. The highest BCUT2D eigenvalue weighted by Crippen LogP contribution is 2.31. The Morgan fingerprint density at radius 3 is 2.52 bits per heavy atom. The van der Waals surface area contributed by atoms with Crippen molar-refractivity contribution in [2.45, 2.75) is 27.2 Å². The summed E-state index contributed by atoms with van der Waals surface area (Å²) >= 11 is 0. The quantitative estimate of drug-likeness (QED) is 0.766. The summed E-state index contributed by atoms with van der Waals surface area (Å²) < 4.78 is 37.5. The van der Waals surface area contributed by atoms with Crippen LogP contribution in [0.25, 0.3) is 0 Å². The third kappa shape index (κ3) is 5.94. The number of rotatable bonds is 8. The second kappa shape index (κ2) is 8.20. The average molecular weight is 364 g/mol. The molecule has 0 fully saturated rings. The SMILES string of the molecule is COc1cc(C)ccc1Oc1ccc(NS(=O)(=O)CCC(C)C)cn1. The zero-order chi connectivity index (χ0) is 18.4. The van der Waals surface area contributed by atoms with Crippen LogP contribution in [0.3, 0.4) is 0 Å². The Morgan fingerprint density at radius 1 is 1.16 bits per heavy atom. The van der Waals surface area contributed by atoms with E-state index in [0.29, 0.717) is 35.4 Å². The van der Waals surface area contributed by atoms with Crippen molar-refractivity contribution in [3.8, 4) is 17.4 Å². The minimum Gasteiger partial charge on any atom is -0.493 e. The van der Waals surface area contributed by atoms with Crippen molar-refractivity contribution >= 4 is 15.7 Å². The van der Waals surface area contributed by atoms with Crippen molar-refractivity contribution < 1.29 is 17.9 Å². The molecule has 0 radical (unpaired) electrons. The van der Waals surface area contributed by atoms with Gasteiger partial charge in [0.15, 0.2) is 11.5 Å². The molecule has 0 aliphatic heterocycles. The van der Waals surface area contributed by atoms with Crippen LogP contribution in [0.1, 0.15) is 25.8 Å². The van der Waals surface area contributed by atoms with Gasteiger partial charge >= 0.3 is 0 Å². The van der Waals surface area contributed by atoms with Gasteiger partial charge in [-0.2, -0.15) is 0 Å². The summed E-state index contributed by atoms with van der Waals surface area (Å²) in [6.07, 6.45) is 2.04.